The minimum Gasteiger partial charge on any atom is -0.478 e. The fourth-order valence-corrected chi connectivity index (χ4v) is 2.85. The van der Waals surface area contributed by atoms with E-state index >= 15 is 0 Å². The Morgan fingerprint density at radius 1 is 0.963 bits per heavy atom. The Morgan fingerprint density at radius 3 is 2.41 bits per heavy atom. The number of nitrogens with zero attached hydrogens (tertiary/aromatic N) is 4. The van der Waals surface area contributed by atoms with Gasteiger partial charge in [0, 0.05) is 11.8 Å². The van der Waals surface area contributed by atoms with E-state index in [0.29, 0.717) is 11.5 Å². The molecule has 0 saturated carbocycles. The molecule has 0 fully saturated rings. The van der Waals surface area contributed by atoms with Gasteiger partial charge in [-0.2, -0.15) is 0 Å². The maximum atomic E-state index is 11.0. The van der Waals surface area contributed by atoms with Gasteiger partial charge in [-0.25, -0.2) is 9.78 Å². The minimum atomic E-state index is -0.970. The van der Waals surface area contributed by atoms with Gasteiger partial charge in [-0.15, -0.1) is 10.2 Å². The smallest absolute Gasteiger partial charge is 0.335 e. The predicted octanol–water partition coefficient (Wildman–Crippen LogP) is 5.42. The molecule has 2 heterocycles. The summed E-state index contributed by atoms with van der Waals surface area (Å²) < 4.78 is 1.91. The number of pyridine rings is 1. The summed E-state index contributed by atoms with van der Waals surface area (Å²) in [4.78, 5) is 15.7. The molecule has 2 aromatic carbocycles. The maximum Gasteiger partial charge on any atom is 0.335 e. The van der Waals surface area contributed by atoms with Crippen LogP contribution in [0.4, 0.5) is 11.5 Å². The molecule has 4 rings (SSSR count). The fourth-order valence-electron chi connectivity index (χ4n) is 2.85. The third-order valence-corrected chi connectivity index (χ3v) is 4.24. The summed E-state index contributed by atoms with van der Waals surface area (Å²) in [5, 5.41) is 17.7. The molecule has 0 amide bonds. The van der Waals surface area contributed by atoms with Crippen LogP contribution in [-0.2, 0) is 0 Å². The van der Waals surface area contributed by atoms with E-state index in [2.05, 4.69) is 10.2 Å². The maximum absolute atomic E-state index is 11.0. The summed E-state index contributed by atoms with van der Waals surface area (Å²) in [5.74, 6) is -0.343. The third-order valence-electron chi connectivity index (χ3n) is 4.24. The second-order valence-corrected chi connectivity index (χ2v) is 6.09. The summed E-state index contributed by atoms with van der Waals surface area (Å²) in [6, 6.07) is 20.1. The van der Waals surface area contributed by atoms with Crippen LogP contribution in [0.25, 0.3) is 16.9 Å². The van der Waals surface area contributed by atoms with Crippen LogP contribution in [0.1, 0.15) is 15.9 Å². The molecule has 1 N–H and O–H groups in total. The number of carboxylic acid groups (broad SMARTS) is 1. The van der Waals surface area contributed by atoms with Gasteiger partial charge in [0.25, 0.3) is 0 Å². The molecular weight excluding hydrogens is 340 g/mol. The van der Waals surface area contributed by atoms with Crippen molar-refractivity contribution in [1.82, 2.24) is 9.38 Å². The third kappa shape index (κ3) is 3.20. The van der Waals surface area contributed by atoms with Crippen LogP contribution in [0.15, 0.2) is 83.2 Å². The Hall–Kier alpha value is -3.80. The normalized spacial score (nSPS) is 11.3. The Labute approximate surface area is 155 Å². The number of rotatable bonds is 4. The second kappa shape index (κ2) is 6.84. The van der Waals surface area contributed by atoms with Crippen molar-refractivity contribution in [3.63, 3.8) is 0 Å². The number of hydrogen-bond donors (Lipinski definition) is 1. The monoisotopic (exact) mass is 356 g/mol. The van der Waals surface area contributed by atoms with Gasteiger partial charge in [-0.05, 0) is 42.8 Å². The van der Waals surface area contributed by atoms with Crippen LogP contribution in [0.3, 0.4) is 0 Å². The van der Waals surface area contributed by atoms with Gasteiger partial charge >= 0.3 is 5.97 Å². The van der Waals surface area contributed by atoms with Gasteiger partial charge < -0.3 is 5.11 Å². The molecule has 0 aliphatic carbocycles. The standard InChI is InChI=1S/C21H16N4O2/c1-14-6-5-13-25-19(14)22-18(15-7-3-2-4-8-15)20(25)24-23-17-11-9-16(10-12-17)21(26)27/h2-13H,1H3,(H,26,27). The number of fused-ring (bicyclic) bond motifs is 1. The molecule has 0 saturated heterocycles. The van der Waals surface area contributed by atoms with Crippen molar-refractivity contribution in [2.24, 2.45) is 10.2 Å². The lowest BCUT2D eigenvalue weighted by molar-refractivity contribution is 0.0697. The van der Waals surface area contributed by atoms with Crippen LogP contribution >= 0.6 is 0 Å². The van der Waals surface area contributed by atoms with Gasteiger partial charge in [-0.3, -0.25) is 4.40 Å². The predicted molar refractivity (Wildman–Crippen MR) is 103 cm³/mol. The molecule has 6 nitrogen and oxygen atoms in total. The van der Waals surface area contributed by atoms with Crippen molar-refractivity contribution in [2.75, 3.05) is 0 Å². The zero-order valence-electron chi connectivity index (χ0n) is 14.6. The van der Waals surface area contributed by atoms with E-state index in [9.17, 15) is 4.79 Å². The number of aromatic nitrogens is 2. The highest BCUT2D eigenvalue weighted by molar-refractivity contribution is 5.87. The summed E-state index contributed by atoms with van der Waals surface area (Å²) in [6.07, 6.45) is 1.91. The second-order valence-electron chi connectivity index (χ2n) is 6.09. The van der Waals surface area contributed by atoms with Gasteiger partial charge in [0.05, 0.1) is 11.3 Å². The number of imidazole rings is 1. The first-order valence-electron chi connectivity index (χ1n) is 8.41. The molecular formula is C21H16N4O2. The Bertz CT molecular complexity index is 1150. The van der Waals surface area contributed by atoms with Gasteiger partial charge in [-0.1, -0.05) is 36.4 Å². The Kier molecular flexibility index (Phi) is 4.22. The summed E-state index contributed by atoms with van der Waals surface area (Å²) >= 11 is 0. The Balaban J connectivity index is 1.82. The number of carbonyl (C=O) groups is 1. The number of benzene rings is 2. The molecule has 0 atom stereocenters. The van der Waals surface area contributed by atoms with Crippen LogP contribution in [-0.4, -0.2) is 20.5 Å². The summed E-state index contributed by atoms with van der Waals surface area (Å²) in [5.41, 5.74) is 4.35. The first-order chi connectivity index (χ1) is 13.1. The largest absolute Gasteiger partial charge is 0.478 e. The van der Waals surface area contributed by atoms with E-state index in [1.165, 1.54) is 12.1 Å². The van der Waals surface area contributed by atoms with E-state index < -0.39 is 5.97 Å². The molecule has 4 aromatic rings. The molecule has 27 heavy (non-hydrogen) atoms. The molecule has 6 heteroatoms. The average molecular weight is 356 g/mol. The first kappa shape index (κ1) is 16.7. The van der Waals surface area contributed by atoms with E-state index in [0.717, 1.165) is 22.5 Å². The highest BCUT2D eigenvalue weighted by atomic mass is 16.4. The lowest BCUT2D eigenvalue weighted by atomic mass is 10.1. The number of aryl methyl sites for hydroxylation is 1. The molecule has 0 bridgehead atoms. The summed E-state index contributed by atoms with van der Waals surface area (Å²) in [7, 11) is 0. The molecule has 2 aromatic heterocycles. The molecule has 0 unspecified atom stereocenters. The molecule has 0 radical (unpaired) electrons. The SMILES string of the molecule is Cc1cccn2c(N=Nc3ccc(C(=O)O)cc3)c(-c3ccccc3)nc12. The lowest BCUT2D eigenvalue weighted by Crippen LogP contribution is -1.93. The fraction of sp³-hybridized carbons (Fsp3) is 0.0476. The topological polar surface area (TPSA) is 79.3 Å². The van der Waals surface area contributed by atoms with Crippen LogP contribution in [0.2, 0.25) is 0 Å². The van der Waals surface area contributed by atoms with Gasteiger partial charge in [0.1, 0.15) is 11.3 Å². The Morgan fingerprint density at radius 2 is 1.70 bits per heavy atom. The van der Waals surface area contributed by atoms with E-state index in [4.69, 9.17) is 10.1 Å². The number of carboxylic acids is 1. The van der Waals surface area contributed by atoms with Crippen molar-refractivity contribution in [1.29, 1.82) is 0 Å². The van der Waals surface area contributed by atoms with Crippen molar-refractivity contribution < 1.29 is 9.90 Å². The number of azo groups is 1. The van der Waals surface area contributed by atoms with Gasteiger partial charge in [0.2, 0.25) is 0 Å². The van der Waals surface area contributed by atoms with Crippen LogP contribution in [0, 0.1) is 6.92 Å². The van der Waals surface area contributed by atoms with E-state index in [1.54, 1.807) is 12.1 Å². The quantitative estimate of drug-likeness (QED) is 0.496. The minimum absolute atomic E-state index is 0.212. The average Bonchev–Trinajstić information content (AvgIpc) is 3.07. The number of aromatic carboxylic acids is 1. The molecule has 132 valence electrons. The molecule has 0 aliphatic rings. The first-order valence-corrected chi connectivity index (χ1v) is 8.41. The molecule has 0 spiro atoms. The highest BCUT2D eigenvalue weighted by Crippen LogP contribution is 2.33. The van der Waals surface area contributed by atoms with E-state index in [-0.39, 0.29) is 5.56 Å². The zero-order valence-corrected chi connectivity index (χ0v) is 14.6. The number of hydrogen-bond acceptors (Lipinski definition) is 4. The summed E-state index contributed by atoms with van der Waals surface area (Å²) in [6.45, 7) is 2.00. The van der Waals surface area contributed by atoms with Crippen LogP contribution in [0.5, 0.6) is 0 Å². The van der Waals surface area contributed by atoms with Gasteiger partial charge in [0.15, 0.2) is 5.82 Å². The van der Waals surface area contributed by atoms with Crippen LogP contribution < -0.4 is 0 Å². The van der Waals surface area contributed by atoms with Crippen molar-refractivity contribution in [2.45, 2.75) is 6.92 Å². The van der Waals surface area contributed by atoms with Crippen molar-refractivity contribution >= 4 is 23.1 Å². The van der Waals surface area contributed by atoms with E-state index in [1.807, 2.05) is 60.0 Å². The van der Waals surface area contributed by atoms with Crippen molar-refractivity contribution in [3.8, 4) is 11.3 Å². The van der Waals surface area contributed by atoms with Crippen molar-refractivity contribution in [3.05, 3.63) is 84.1 Å². The lowest BCUT2D eigenvalue weighted by Gasteiger charge is -2.00. The zero-order chi connectivity index (χ0) is 18.8. The highest BCUT2D eigenvalue weighted by Gasteiger charge is 2.15. The molecule has 0 aliphatic heterocycles.